The molecule has 1 atom stereocenters. The second kappa shape index (κ2) is 5.80. The number of aliphatic hydroxyl groups excluding tert-OH is 1. The summed E-state index contributed by atoms with van der Waals surface area (Å²) in [6, 6.07) is 13.8. The van der Waals surface area contributed by atoms with E-state index >= 15 is 0 Å². The van der Waals surface area contributed by atoms with Crippen LogP contribution in [-0.2, 0) is 6.42 Å². The van der Waals surface area contributed by atoms with Gasteiger partial charge in [-0.2, -0.15) is 0 Å². The summed E-state index contributed by atoms with van der Waals surface area (Å²) in [5.41, 5.74) is 1.85. The molecular weight excluding hydrogens is 289 g/mol. The van der Waals surface area contributed by atoms with Crippen LogP contribution < -0.4 is 0 Å². The van der Waals surface area contributed by atoms with Gasteiger partial charge in [-0.1, -0.05) is 35.9 Å². The normalized spacial score (nSPS) is 12.5. The van der Waals surface area contributed by atoms with Crippen LogP contribution in [0, 0.1) is 5.82 Å². The van der Waals surface area contributed by atoms with Crippen LogP contribution in [0.25, 0.3) is 10.9 Å². The maximum Gasteiger partial charge on any atom is 0.127 e. The topological polar surface area (TPSA) is 33.1 Å². The van der Waals surface area contributed by atoms with Gasteiger partial charge in [-0.05, 0) is 29.8 Å². The van der Waals surface area contributed by atoms with Crippen molar-refractivity contribution in [3.8, 4) is 0 Å². The molecule has 0 fully saturated rings. The molecule has 1 heterocycles. The van der Waals surface area contributed by atoms with Crippen molar-refractivity contribution < 1.29 is 9.50 Å². The first-order chi connectivity index (χ1) is 10.2. The SMILES string of the molecule is OC(Cc1c(F)cccc1Cl)c1ccnc2ccccc12. The molecule has 0 aliphatic heterocycles. The zero-order valence-corrected chi connectivity index (χ0v) is 11.9. The number of hydrogen-bond acceptors (Lipinski definition) is 2. The molecule has 106 valence electrons. The van der Waals surface area contributed by atoms with Crippen LogP contribution in [-0.4, -0.2) is 10.1 Å². The summed E-state index contributed by atoms with van der Waals surface area (Å²) in [6.07, 6.45) is 0.927. The van der Waals surface area contributed by atoms with E-state index in [1.807, 2.05) is 24.3 Å². The fourth-order valence-corrected chi connectivity index (χ4v) is 2.68. The van der Waals surface area contributed by atoms with Gasteiger partial charge in [-0.25, -0.2) is 4.39 Å². The third-order valence-corrected chi connectivity index (χ3v) is 3.86. The van der Waals surface area contributed by atoms with Crippen LogP contribution >= 0.6 is 11.6 Å². The van der Waals surface area contributed by atoms with E-state index in [1.165, 1.54) is 6.07 Å². The Morgan fingerprint density at radius 2 is 1.90 bits per heavy atom. The van der Waals surface area contributed by atoms with E-state index in [1.54, 1.807) is 24.4 Å². The smallest absolute Gasteiger partial charge is 0.127 e. The predicted octanol–water partition coefficient (Wildman–Crippen LogP) is 4.30. The van der Waals surface area contributed by atoms with Gasteiger partial charge >= 0.3 is 0 Å². The van der Waals surface area contributed by atoms with Gasteiger partial charge in [0.15, 0.2) is 0 Å². The van der Waals surface area contributed by atoms with Crippen LogP contribution in [0.1, 0.15) is 17.2 Å². The second-order valence-electron chi connectivity index (χ2n) is 4.84. The highest BCUT2D eigenvalue weighted by atomic mass is 35.5. The van der Waals surface area contributed by atoms with Crippen molar-refractivity contribution in [1.29, 1.82) is 0 Å². The largest absolute Gasteiger partial charge is 0.388 e. The molecule has 0 saturated carbocycles. The molecule has 0 radical (unpaired) electrons. The van der Waals surface area contributed by atoms with E-state index in [9.17, 15) is 9.50 Å². The van der Waals surface area contributed by atoms with Gasteiger partial charge in [0.25, 0.3) is 0 Å². The van der Waals surface area contributed by atoms with Crippen molar-refractivity contribution in [2.75, 3.05) is 0 Å². The maximum absolute atomic E-state index is 13.8. The van der Waals surface area contributed by atoms with Gasteiger partial charge in [-0.3, -0.25) is 4.98 Å². The van der Waals surface area contributed by atoms with Crippen LogP contribution in [0.3, 0.4) is 0 Å². The van der Waals surface area contributed by atoms with Crippen molar-refractivity contribution in [2.24, 2.45) is 0 Å². The van der Waals surface area contributed by atoms with Crippen molar-refractivity contribution in [1.82, 2.24) is 4.98 Å². The zero-order chi connectivity index (χ0) is 14.8. The zero-order valence-electron chi connectivity index (χ0n) is 11.1. The average Bonchev–Trinajstić information content (AvgIpc) is 2.50. The summed E-state index contributed by atoms with van der Waals surface area (Å²) in [5, 5.41) is 11.7. The molecule has 1 N–H and O–H groups in total. The molecule has 4 heteroatoms. The number of aliphatic hydroxyl groups is 1. The van der Waals surface area contributed by atoms with Crippen LogP contribution in [0.5, 0.6) is 0 Å². The molecule has 1 aromatic heterocycles. The number of pyridine rings is 1. The molecule has 0 aliphatic carbocycles. The molecule has 21 heavy (non-hydrogen) atoms. The Kier molecular flexibility index (Phi) is 3.86. The third kappa shape index (κ3) is 2.75. The molecule has 3 rings (SSSR count). The second-order valence-corrected chi connectivity index (χ2v) is 5.24. The standard InChI is InChI=1S/C17H13ClFNO/c18-14-5-3-6-15(19)13(14)10-17(21)12-8-9-20-16-7-2-1-4-11(12)16/h1-9,17,21H,10H2. The monoisotopic (exact) mass is 301 g/mol. The number of hydrogen-bond donors (Lipinski definition) is 1. The van der Waals surface area contributed by atoms with Gasteiger partial charge < -0.3 is 5.11 Å². The number of fused-ring (bicyclic) bond motifs is 1. The van der Waals surface area contributed by atoms with Crippen molar-refractivity contribution in [3.63, 3.8) is 0 Å². The summed E-state index contributed by atoms with van der Waals surface area (Å²) in [4.78, 5) is 4.26. The fraction of sp³-hybridized carbons (Fsp3) is 0.118. The predicted molar refractivity (Wildman–Crippen MR) is 81.8 cm³/mol. The molecular formula is C17H13ClFNO. The van der Waals surface area contributed by atoms with Gasteiger partial charge in [-0.15, -0.1) is 0 Å². The lowest BCUT2D eigenvalue weighted by Gasteiger charge is -2.15. The Bertz CT molecular complexity index is 765. The van der Waals surface area contributed by atoms with Gasteiger partial charge in [0.1, 0.15) is 5.82 Å². The first kappa shape index (κ1) is 14.0. The first-order valence-electron chi connectivity index (χ1n) is 6.61. The van der Waals surface area contributed by atoms with E-state index in [0.29, 0.717) is 10.6 Å². The highest BCUT2D eigenvalue weighted by Crippen LogP contribution is 2.29. The minimum absolute atomic E-state index is 0.125. The van der Waals surface area contributed by atoms with Crippen LogP contribution in [0.2, 0.25) is 5.02 Å². The minimum atomic E-state index is -0.840. The van der Waals surface area contributed by atoms with Gasteiger partial charge in [0.05, 0.1) is 11.6 Å². The lowest BCUT2D eigenvalue weighted by molar-refractivity contribution is 0.178. The molecule has 0 bridgehead atoms. The summed E-state index contributed by atoms with van der Waals surface area (Å²) in [6.45, 7) is 0. The number of halogens is 2. The fourth-order valence-electron chi connectivity index (χ4n) is 2.44. The van der Waals surface area contributed by atoms with E-state index in [0.717, 1.165) is 16.5 Å². The highest BCUT2D eigenvalue weighted by molar-refractivity contribution is 6.31. The summed E-state index contributed by atoms with van der Waals surface area (Å²) < 4.78 is 13.8. The molecule has 0 amide bonds. The van der Waals surface area contributed by atoms with Crippen LogP contribution in [0.4, 0.5) is 4.39 Å². The highest BCUT2D eigenvalue weighted by Gasteiger charge is 2.16. The summed E-state index contributed by atoms with van der Waals surface area (Å²) in [7, 11) is 0. The lowest BCUT2D eigenvalue weighted by atomic mass is 9.98. The quantitative estimate of drug-likeness (QED) is 0.782. The maximum atomic E-state index is 13.8. The lowest BCUT2D eigenvalue weighted by Crippen LogP contribution is -2.05. The molecule has 0 aliphatic rings. The number of nitrogens with zero attached hydrogens (tertiary/aromatic N) is 1. The Morgan fingerprint density at radius 3 is 2.71 bits per heavy atom. The van der Waals surface area contributed by atoms with Gasteiger partial charge in [0.2, 0.25) is 0 Å². The Balaban J connectivity index is 2.00. The Morgan fingerprint density at radius 1 is 1.10 bits per heavy atom. The molecule has 0 spiro atoms. The number of benzene rings is 2. The van der Waals surface area contributed by atoms with Gasteiger partial charge in [0, 0.05) is 28.6 Å². The third-order valence-electron chi connectivity index (χ3n) is 3.50. The molecule has 2 aromatic carbocycles. The van der Waals surface area contributed by atoms with E-state index < -0.39 is 11.9 Å². The van der Waals surface area contributed by atoms with Crippen LogP contribution in [0.15, 0.2) is 54.7 Å². The van der Waals surface area contributed by atoms with E-state index in [2.05, 4.69) is 4.98 Å². The average molecular weight is 302 g/mol. The van der Waals surface area contributed by atoms with Crippen molar-refractivity contribution >= 4 is 22.5 Å². The number of rotatable bonds is 3. The number of para-hydroxylation sites is 1. The molecule has 0 saturated heterocycles. The van der Waals surface area contributed by atoms with Crippen molar-refractivity contribution in [2.45, 2.75) is 12.5 Å². The van der Waals surface area contributed by atoms with Crippen molar-refractivity contribution in [3.05, 3.63) is 76.7 Å². The first-order valence-corrected chi connectivity index (χ1v) is 6.99. The summed E-state index contributed by atoms with van der Waals surface area (Å²) in [5.74, 6) is -0.403. The molecule has 1 unspecified atom stereocenters. The number of aromatic nitrogens is 1. The minimum Gasteiger partial charge on any atom is -0.388 e. The van der Waals surface area contributed by atoms with E-state index in [4.69, 9.17) is 11.6 Å². The molecule has 2 nitrogen and oxygen atoms in total. The molecule has 3 aromatic rings. The Hall–Kier alpha value is -1.97. The van der Waals surface area contributed by atoms with E-state index in [-0.39, 0.29) is 6.42 Å². The Labute approximate surface area is 126 Å². The summed E-state index contributed by atoms with van der Waals surface area (Å²) >= 11 is 6.02.